The number of hydrogen-bond acceptors (Lipinski definition) is 3. The van der Waals surface area contributed by atoms with Crippen molar-refractivity contribution in [2.75, 3.05) is 20.3 Å². The van der Waals surface area contributed by atoms with Crippen LogP contribution in [0.3, 0.4) is 0 Å². The lowest BCUT2D eigenvalue weighted by Gasteiger charge is -2.28. The fourth-order valence-corrected chi connectivity index (χ4v) is 3.33. The molecule has 1 aromatic rings. The maximum absolute atomic E-state index is 5.72. The molecule has 0 aromatic heterocycles. The maximum Gasteiger partial charge on any atom is 0.122 e. The fraction of sp³-hybridized carbons (Fsp3) is 0.625. The van der Waals surface area contributed by atoms with Gasteiger partial charge < -0.3 is 14.8 Å². The molecule has 0 bridgehead atoms. The molecule has 3 nitrogen and oxygen atoms in total. The molecule has 1 N–H and O–H groups in total. The smallest absolute Gasteiger partial charge is 0.122 e. The van der Waals surface area contributed by atoms with E-state index in [1.807, 2.05) is 0 Å². The summed E-state index contributed by atoms with van der Waals surface area (Å²) in [5.41, 5.74) is 2.81. The van der Waals surface area contributed by atoms with E-state index in [-0.39, 0.29) is 0 Å². The van der Waals surface area contributed by atoms with Crippen molar-refractivity contribution < 1.29 is 9.47 Å². The zero-order chi connectivity index (χ0) is 13.1. The first-order valence-electron chi connectivity index (χ1n) is 7.39. The first-order chi connectivity index (χ1) is 9.38. The van der Waals surface area contributed by atoms with Crippen molar-refractivity contribution in [2.45, 2.75) is 44.2 Å². The van der Waals surface area contributed by atoms with Gasteiger partial charge in [-0.15, -0.1) is 0 Å². The van der Waals surface area contributed by atoms with Crippen molar-refractivity contribution in [3.63, 3.8) is 0 Å². The van der Waals surface area contributed by atoms with Gasteiger partial charge >= 0.3 is 0 Å². The minimum Gasteiger partial charge on any atom is -0.496 e. The van der Waals surface area contributed by atoms with Crippen molar-refractivity contribution in [1.29, 1.82) is 0 Å². The predicted molar refractivity (Wildman–Crippen MR) is 75.6 cm³/mol. The van der Waals surface area contributed by atoms with E-state index >= 15 is 0 Å². The Morgan fingerprint density at radius 1 is 1.37 bits per heavy atom. The second-order valence-electron chi connectivity index (χ2n) is 5.50. The molecule has 0 saturated carbocycles. The van der Waals surface area contributed by atoms with E-state index in [2.05, 4.69) is 23.5 Å². The van der Waals surface area contributed by atoms with Gasteiger partial charge in [-0.05, 0) is 50.3 Å². The van der Waals surface area contributed by atoms with E-state index in [0.29, 0.717) is 12.1 Å². The van der Waals surface area contributed by atoms with Crippen molar-refractivity contribution in [2.24, 2.45) is 0 Å². The molecule has 2 aliphatic rings. The lowest BCUT2D eigenvalue weighted by atomic mass is 9.90. The van der Waals surface area contributed by atoms with Crippen LogP contribution < -0.4 is 10.1 Å². The molecule has 0 aliphatic carbocycles. The number of rotatable bonds is 4. The molecule has 0 spiro atoms. The normalized spacial score (nSPS) is 26.2. The third-order valence-electron chi connectivity index (χ3n) is 4.33. The van der Waals surface area contributed by atoms with Gasteiger partial charge in [0.25, 0.3) is 0 Å². The molecule has 1 fully saturated rings. The topological polar surface area (TPSA) is 30.5 Å². The van der Waals surface area contributed by atoms with Gasteiger partial charge in [-0.2, -0.15) is 0 Å². The molecule has 1 saturated heterocycles. The Balaban J connectivity index is 1.71. The Morgan fingerprint density at radius 3 is 3.11 bits per heavy atom. The minimum absolute atomic E-state index is 0.461. The monoisotopic (exact) mass is 261 g/mol. The number of nitrogens with one attached hydrogen (secondary N) is 1. The van der Waals surface area contributed by atoms with Crippen LogP contribution >= 0.6 is 0 Å². The summed E-state index contributed by atoms with van der Waals surface area (Å²) >= 11 is 0. The molecule has 104 valence electrons. The van der Waals surface area contributed by atoms with Gasteiger partial charge in [0.05, 0.1) is 13.2 Å². The maximum atomic E-state index is 5.72. The standard InChI is InChI=1S/C16H23NO2/c1-18-16-6-2-5-13-14(16)9-10-17-15(13)8-7-12-4-3-11-19-12/h2,5-6,12,15,17H,3-4,7-11H2,1H3. The Morgan fingerprint density at radius 2 is 2.32 bits per heavy atom. The summed E-state index contributed by atoms with van der Waals surface area (Å²) < 4.78 is 11.2. The Hall–Kier alpha value is -1.06. The van der Waals surface area contributed by atoms with Crippen LogP contribution in [0, 0.1) is 0 Å². The highest BCUT2D eigenvalue weighted by molar-refractivity contribution is 5.43. The molecule has 2 atom stereocenters. The molecule has 2 heterocycles. The molecule has 2 unspecified atom stereocenters. The number of benzene rings is 1. The Kier molecular flexibility index (Phi) is 4.04. The Labute approximate surface area is 115 Å². The lowest BCUT2D eigenvalue weighted by Crippen LogP contribution is -2.30. The van der Waals surface area contributed by atoms with Crippen molar-refractivity contribution >= 4 is 0 Å². The van der Waals surface area contributed by atoms with Crippen molar-refractivity contribution in [3.8, 4) is 5.75 Å². The first-order valence-corrected chi connectivity index (χ1v) is 7.39. The quantitative estimate of drug-likeness (QED) is 0.904. The number of hydrogen-bond donors (Lipinski definition) is 1. The van der Waals surface area contributed by atoms with Gasteiger partial charge in [0.2, 0.25) is 0 Å². The molecule has 0 radical (unpaired) electrons. The first kappa shape index (κ1) is 12.9. The molecule has 3 rings (SSSR count). The third kappa shape index (κ3) is 2.77. The van der Waals surface area contributed by atoms with Gasteiger partial charge in [-0.3, -0.25) is 0 Å². The van der Waals surface area contributed by atoms with Gasteiger partial charge in [0.1, 0.15) is 5.75 Å². The molecular weight excluding hydrogens is 238 g/mol. The van der Waals surface area contributed by atoms with Gasteiger partial charge in [-0.1, -0.05) is 12.1 Å². The summed E-state index contributed by atoms with van der Waals surface area (Å²) in [5.74, 6) is 1.04. The van der Waals surface area contributed by atoms with Crippen LogP contribution in [0.2, 0.25) is 0 Å². The summed E-state index contributed by atoms with van der Waals surface area (Å²) in [6.45, 7) is 2.00. The average Bonchev–Trinajstić information content (AvgIpc) is 2.97. The molecular formula is C16H23NO2. The molecule has 19 heavy (non-hydrogen) atoms. The largest absolute Gasteiger partial charge is 0.496 e. The molecule has 1 aromatic carbocycles. The number of ether oxygens (including phenoxy) is 2. The Bertz CT molecular complexity index is 427. The van der Waals surface area contributed by atoms with Crippen LogP contribution in [0.4, 0.5) is 0 Å². The lowest BCUT2D eigenvalue weighted by molar-refractivity contribution is 0.0993. The molecule has 2 aliphatic heterocycles. The summed E-state index contributed by atoms with van der Waals surface area (Å²) in [4.78, 5) is 0. The van der Waals surface area contributed by atoms with E-state index < -0.39 is 0 Å². The van der Waals surface area contributed by atoms with Crippen LogP contribution in [-0.2, 0) is 11.2 Å². The highest BCUT2D eigenvalue weighted by atomic mass is 16.5. The van der Waals surface area contributed by atoms with E-state index in [1.54, 1.807) is 7.11 Å². The highest BCUT2D eigenvalue weighted by Crippen LogP contribution is 2.33. The molecule has 0 amide bonds. The third-order valence-corrected chi connectivity index (χ3v) is 4.33. The second-order valence-corrected chi connectivity index (χ2v) is 5.50. The van der Waals surface area contributed by atoms with E-state index in [9.17, 15) is 0 Å². The van der Waals surface area contributed by atoms with Crippen molar-refractivity contribution in [3.05, 3.63) is 29.3 Å². The second kappa shape index (κ2) is 5.93. The van der Waals surface area contributed by atoms with E-state index in [0.717, 1.165) is 38.2 Å². The average molecular weight is 261 g/mol. The number of fused-ring (bicyclic) bond motifs is 1. The minimum atomic E-state index is 0.461. The number of methoxy groups -OCH3 is 1. The van der Waals surface area contributed by atoms with Crippen LogP contribution in [0.25, 0.3) is 0 Å². The SMILES string of the molecule is COc1cccc2c1CCNC2CCC1CCCO1. The van der Waals surface area contributed by atoms with Crippen LogP contribution in [0.15, 0.2) is 18.2 Å². The van der Waals surface area contributed by atoms with Gasteiger partial charge in [-0.25, -0.2) is 0 Å². The molecule has 3 heteroatoms. The summed E-state index contributed by atoms with van der Waals surface area (Å²) in [5, 5.41) is 3.64. The van der Waals surface area contributed by atoms with Crippen LogP contribution in [0.1, 0.15) is 42.9 Å². The zero-order valence-electron chi connectivity index (χ0n) is 11.7. The van der Waals surface area contributed by atoms with Gasteiger partial charge in [0.15, 0.2) is 0 Å². The van der Waals surface area contributed by atoms with E-state index in [1.165, 1.54) is 24.0 Å². The van der Waals surface area contributed by atoms with Gasteiger partial charge in [0, 0.05) is 18.2 Å². The summed E-state index contributed by atoms with van der Waals surface area (Å²) in [6, 6.07) is 6.87. The predicted octanol–water partition coefficient (Wildman–Crippen LogP) is 2.84. The van der Waals surface area contributed by atoms with Crippen LogP contribution in [-0.4, -0.2) is 26.4 Å². The summed E-state index contributed by atoms with van der Waals surface area (Å²) in [7, 11) is 1.76. The zero-order valence-corrected chi connectivity index (χ0v) is 11.7. The fourth-order valence-electron chi connectivity index (χ4n) is 3.33. The van der Waals surface area contributed by atoms with Crippen LogP contribution in [0.5, 0.6) is 5.75 Å². The highest BCUT2D eigenvalue weighted by Gasteiger charge is 2.24. The summed E-state index contributed by atoms with van der Waals surface area (Å²) in [6.07, 6.45) is 6.33. The van der Waals surface area contributed by atoms with E-state index in [4.69, 9.17) is 9.47 Å². The van der Waals surface area contributed by atoms with Crippen molar-refractivity contribution in [1.82, 2.24) is 5.32 Å².